The quantitative estimate of drug-likeness (QED) is 0.0305. The molecule has 0 unspecified atom stereocenters. The van der Waals surface area contributed by atoms with Crippen molar-refractivity contribution in [1.29, 1.82) is 0 Å². The van der Waals surface area contributed by atoms with Crippen LogP contribution in [0.4, 0.5) is 5.82 Å². The van der Waals surface area contributed by atoms with Crippen LogP contribution in [-0.4, -0.2) is 212 Å². The molecule has 94 heavy (non-hydrogen) atoms. The van der Waals surface area contributed by atoms with Crippen LogP contribution in [0.3, 0.4) is 0 Å². The predicted molar refractivity (Wildman–Crippen MR) is 354 cm³/mol. The lowest BCUT2D eigenvalue weighted by Crippen LogP contribution is -2.57. The molecule has 0 spiro atoms. The van der Waals surface area contributed by atoms with Crippen molar-refractivity contribution in [2.45, 2.75) is 106 Å². The number of ether oxygens (including phenoxy) is 6. The SMILES string of the molecule is Cc1cc(C)c(CNC(=O)c2cc(-c3ccc(N4CCN(C(=O)COCCOCCOCC(=O)NCCOCCOCCOCCC(=O)N[C@H](C(=O)N5C[C@H](O)C[C@H]5C(=O)NCc5ccc(-c6scnc6C)cc5)C(C)(C)C)CC4)nc3)cc3c2cnn3C(C)C)c(=O)[nH]1. The first-order valence-corrected chi connectivity index (χ1v) is 32.8. The van der Waals surface area contributed by atoms with Crippen molar-refractivity contribution in [2.75, 3.05) is 123 Å². The number of likely N-dealkylation sites (tertiary alicyclic amines) is 1. The maximum atomic E-state index is 14.0. The van der Waals surface area contributed by atoms with Crippen LogP contribution in [0.15, 0.2) is 77.3 Å². The number of nitrogens with zero attached hydrogens (tertiary/aromatic N) is 7. The average molecular weight is 1320 g/mol. The number of hydrogen-bond acceptors (Lipinski definition) is 19. The monoisotopic (exact) mass is 1320 g/mol. The number of pyridine rings is 2. The number of benzene rings is 2. The van der Waals surface area contributed by atoms with Crippen LogP contribution in [0.25, 0.3) is 32.5 Å². The fourth-order valence-corrected chi connectivity index (χ4v) is 11.8. The van der Waals surface area contributed by atoms with Gasteiger partial charge in [0, 0.05) is 99.6 Å². The largest absolute Gasteiger partial charge is 0.391 e. The number of carbonyl (C=O) groups is 6. The molecule has 0 aliphatic carbocycles. The van der Waals surface area contributed by atoms with Crippen LogP contribution in [0.5, 0.6) is 0 Å². The molecule has 6 heterocycles. The van der Waals surface area contributed by atoms with Gasteiger partial charge in [-0.3, -0.25) is 38.2 Å². The predicted octanol–water partition coefficient (Wildman–Crippen LogP) is 4.41. The fourth-order valence-electron chi connectivity index (χ4n) is 11.0. The summed E-state index contributed by atoms with van der Waals surface area (Å²) in [7, 11) is 0. The summed E-state index contributed by atoms with van der Waals surface area (Å²) in [6, 6.07) is 15.7. The van der Waals surface area contributed by atoms with E-state index in [1.54, 1.807) is 34.1 Å². The minimum absolute atomic E-state index is 0.00527. The van der Waals surface area contributed by atoms with Crippen LogP contribution in [0.1, 0.15) is 91.9 Å². The number of aliphatic hydroxyl groups is 1. The van der Waals surface area contributed by atoms with Gasteiger partial charge < -0.3 is 74.5 Å². The van der Waals surface area contributed by atoms with Gasteiger partial charge >= 0.3 is 0 Å². The normalized spacial score (nSPS) is 15.4. The zero-order valence-electron chi connectivity index (χ0n) is 55.1. The van der Waals surface area contributed by atoms with Gasteiger partial charge in [0.2, 0.25) is 29.5 Å². The second-order valence-corrected chi connectivity index (χ2v) is 25.5. The highest BCUT2D eigenvalue weighted by atomic mass is 32.1. The minimum atomic E-state index is -0.955. The van der Waals surface area contributed by atoms with E-state index in [4.69, 9.17) is 33.4 Å². The van der Waals surface area contributed by atoms with E-state index in [-0.39, 0.29) is 140 Å². The Morgan fingerprint density at radius 3 is 2.02 bits per heavy atom. The highest BCUT2D eigenvalue weighted by Crippen LogP contribution is 2.32. The molecule has 2 aliphatic rings. The molecule has 6 N–H and O–H groups in total. The Kier molecular flexibility index (Phi) is 26.7. The third-order valence-corrected chi connectivity index (χ3v) is 17.1. The smallest absolute Gasteiger partial charge is 0.253 e. The highest BCUT2D eigenvalue weighted by molar-refractivity contribution is 7.13. The van der Waals surface area contributed by atoms with E-state index in [1.807, 2.05) is 115 Å². The molecule has 0 saturated carbocycles. The van der Waals surface area contributed by atoms with Gasteiger partial charge in [-0.25, -0.2) is 9.97 Å². The molecular weight excluding hydrogens is 1230 g/mol. The van der Waals surface area contributed by atoms with Gasteiger partial charge in [-0.2, -0.15) is 5.10 Å². The Balaban J connectivity index is 0.609. The summed E-state index contributed by atoms with van der Waals surface area (Å²) in [4.78, 5) is 110. The molecule has 2 aromatic carbocycles. The Labute approximate surface area is 551 Å². The number of rotatable bonds is 34. The van der Waals surface area contributed by atoms with Crippen molar-refractivity contribution < 1.29 is 62.3 Å². The first-order chi connectivity index (χ1) is 45.1. The molecule has 0 radical (unpaired) electrons. The lowest BCUT2D eigenvalue weighted by molar-refractivity contribution is -0.144. The van der Waals surface area contributed by atoms with E-state index < -0.39 is 35.4 Å². The molecule has 8 rings (SSSR count). The van der Waals surface area contributed by atoms with E-state index in [1.165, 1.54) is 4.90 Å². The van der Waals surface area contributed by atoms with E-state index in [0.717, 1.165) is 55.4 Å². The van der Waals surface area contributed by atoms with E-state index in [2.05, 4.69) is 41.2 Å². The van der Waals surface area contributed by atoms with Gasteiger partial charge in [0.05, 0.1) is 106 Å². The van der Waals surface area contributed by atoms with Gasteiger partial charge in [0.1, 0.15) is 31.1 Å². The number of hydrogen-bond donors (Lipinski definition) is 6. The van der Waals surface area contributed by atoms with Crippen molar-refractivity contribution in [1.82, 2.24) is 55.8 Å². The Bertz CT molecular complexity index is 3560. The number of thiazole rings is 1. The standard InChI is InChI=1S/C67H90N12O14S/c1-43(2)79-55-33-50(32-52(54(55)38-73-79)63(84)71-37-53-44(3)31-45(4)74-64(53)85)49-13-14-57(69-36-49)76-17-19-77(20-18-76)60(83)41-93-30-28-91-27-29-92-40-59(82)68-16-22-89-24-26-90-25-23-88-21-15-58(81)75-62(67(6,7)8)66(87)78-39-51(80)34-56(78)65(86)70-35-47-9-11-48(12-10-47)61-46(5)72-42-94-61/h9-14,31-33,36,38,42-43,51,56,62,80H,15-30,34-35,37,39-41H2,1-8H3,(H,68,82)(H,70,86)(H,71,84)(H,74,85)(H,75,81)/t51-,56+,62-/m1/s1. The molecule has 27 heteroatoms. The van der Waals surface area contributed by atoms with E-state index >= 15 is 0 Å². The van der Waals surface area contributed by atoms with Crippen molar-refractivity contribution in [3.8, 4) is 21.6 Å². The number of aromatic amines is 1. The summed E-state index contributed by atoms with van der Waals surface area (Å²) in [6.45, 7) is 20.1. The number of aromatic nitrogens is 5. The third kappa shape index (κ3) is 20.5. The Morgan fingerprint density at radius 1 is 0.723 bits per heavy atom. The molecule has 3 atom stereocenters. The second-order valence-electron chi connectivity index (χ2n) is 24.6. The van der Waals surface area contributed by atoms with Gasteiger partial charge in [0.15, 0.2) is 0 Å². The number of aryl methyl sites for hydroxylation is 3. The summed E-state index contributed by atoms with van der Waals surface area (Å²) in [5.41, 5.74) is 8.68. The number of aliphatic hydroxyl groups excluding tert-OH is 1. The number of carbonyl (C=O) groups excluding carboxylic acids is 6. The zero-order chi connectivity index (χ0) is 67.3. The van der Waals surface area contributed by atoms with Crippen molar-refractivity contribution in [3.63, 3.8) is 0 Å². The maximum absolute atomic E-state index is 14.0. The van der Waals surface area contributed by atoms with Crippen LogP contribution in [0.2, 0.25) is 0 Å². The number of nitrogens with one attached hydrogen (secondary N) is 5. The molecular formula is C67H90N12O14S. The Hall–Kier alpha value is -8.02. The summed E-state index contributed by atoms with van der Waals surface area (Å²) < 4.78 is 35.1. The van der Waals surface area contributed by atoms with Gasteiger partial charge in [-0.05, 0) is 92.6 Å². The molecule has 6 amide bonds. The lowest BCUT2D eigenvalue weighted by Gasteiger charge is -2.35. The Morgan fingerprint density at radius 2 is 1.38 bits per heavy atom. The minimum Gasteiger partial charge on any atom is -0.391 e. The first kappa shape index (κ1) is 71.8. The van der Waals surface area contributed by atoms with Crippen LogP contribution >= 0.6 is 11.3 Å². The topological polar surface area (TPSA) is 312 Å². The highest BCUT2D eigenvalue weighted by Gasteiger charge is 2.44. The van der Waals surface area contributed by atoms with Gasteiger partial charge in [-0.1, -0.05) is 45.0 Å². The number of fused-ring (bicyclic) bond motifs is 1. The number of piperazine rings is 1. The molecule has 2 saturated heterocycles. The van der Waals surface area contributed by atoms with Crippen LogP contribution in [0, 0.1) is 26.2 Å². The van der Waals surface area contributed by atoms with E-state index in [9.17, 15) is 38.7 Å². The summed E-state index contributed by atoms with van der Waals surface area (Å²) in [5, 5.41) is 27.3. The summed E-state index contributed by atoms with van der Waals surface area (Å²) in [6.07, 6.45) is 2.68. The summed E-state index contributed by atoms with van der Waals surface area (Å²) in [5.74, 6) is -1.18. The number of β-amino-alcohol motifs (C(OH)–C–C–N with tert-alkyl or cyclic N) is 1. The maximum Gasteiger partial charge on any atom is 0.253 e. The molecule has 0 bridgehead atoms. The number of H-pyrrole nitrogens is 1. The third-order valence-electron chi connectivity index (χ3n) is 16.1. The molecule has 6 aromatic rings. The van der Waals surface area contributed by atoms with E-state index in [0.29, 0.717) is 55.9 Å². The number of anilines is 1. The molecule has 2 fully saturated rings. The summed E-state index contributed by atoms with van der Waals surface area (Å²) >= 11 is 1.56. The van der Waals surface area contributed by atoms with Crippen LogP contribution < -0.4 is 31.7 Å². The second kappa shape index (κ2) is 34.9. The lowest BCUT2D eigenvalue weighted by atomic mass is 9.85. The molecule has 4 aromatic heterocycles. The van der Waals surface area contributed by atoms with Crippen molar-refractivity contribution in [3.05, 3.63) is 116 Å². The fraction of sp³-hybridized carbons (Fsp3) is 0.522. The first-order valence-electron chi connectivity index (χ1n) is 31.9. The van der Waals surface area contributed by atoms with Gasteiger partial charge in [-0.15, -0.1) is 11.3 Å². The molecule has 26 nitrogen and oxygen atoms in total. The molecule has 508 valence electrons. The number of amides is 6. The van der Waals surface area contributed by atoms with Crippen LogP contribution in [-0.2, 0) is 65.5 Å². The molecule has 2 aliphatic heterocycles. The average Bonchev–Trinajstić information content (AvgIpc) is 1.58. The van der Waals surface area contributed by atoms with Gasteiger partial charge in [0.25, 0.3) is 11.5 Å². The zero-order valence-corrected chi connectivity index (χ0v) is 55.9. The van der Waals surface area contributed by atoms with Crippen molar-refractivity contribution >= 4 is 63.5 Å². The van der Waals surface area contributed by atoms with Crippen molar-refractivity contribution in [2.24, 2.45) is 5.41 Å².